The lowest BCUT2D eigenvalue weighted by atomic mass is 9.94. The molecule has 1 aliphatic rings. The molecule has 1 N–H and O–H groups in total. The van der Waals surface area contributed by atoms with Crippen LogP contribution in [0, 0.1) is 6.92 Å². The molecule has 1 aromatic carbocycles. The van der Waals surface area contributed by atoms with Crippen molar-refractivity contribution in [1.82, 2.24) is 15.5 Å². The molecule has 0 aliphatic carbocycles. The van der Waals surface area contributed by atoms with Crippen molar-refractivity contribution < 1.29 is 4.52 Å². The van der Waals surface area contributed by atoms with Crippen molar-refractivity contribution in [2.24, 2.45) is 0 Å². The van der Waals surface area contributed by atoms with Gasteiger partial charge in [0, 0.05) is 6.54 Å². The molecular weight excluding hydrogens is 238 g/mol. The van der Waals surface area contributed by atoms with E-state index in [2.05, 4.69) is 33.7 Å². The highest BCUT2D eigenvalue weighted by Crippen LogP contribution is 2.27. The number of nitrogens with zero attached hydrogens (tertiary/aromatic N) is 2. The van der Waals surface area contributed by atoms with E-state index in [1.807, 2.05) is 13.0 Å². The fraction of sp³-hybridized carbons (Fsp3) is 0.333. The Balaban J connectivity index is 0.00000108. The minimum absolute atomic E-state index is 0. The Morgan fingerprint density at radius 2 is 2.18 bits per heavy atom. The summed E-state index contributed by atoms with van der Waals surface area (Å²) in [5.41, 5.74) is 2.61. The van der Waals surface area contributed by atoms with E-state index in [-0.39, 0.29) is 18.4 Å². The minimum atomic E-state index is 0. The highest BCUT2D eigenvalue weighted by Gasteiger charge is 2.25. The lowest BCUT2D eigenvalue weighted by molar-refractivity contribution is 0.341. The number of hydrogen-bond donors (Lipinski definition) is 1. The molecule has 1 aliphatic heterocycles. The van der Waals surface area contributed by atoms with Crippen LogP contribution in [0.25, 0.3) is 0 Å². The molecule has 0 radical (unpaired) electrons. The van der Waals surface area contributed by atoms with Crippen LogP contribution in [0.4, 0.5) is 0 Å². The fourth-order valence-corrected chi connectivity index (χ4v) is 2.16. The van der Waals surface area contributed by atoms with E-state index in [1.54, 1.807) is 0 Å². The standard InChI is InChI=1S/C12H13N3O.ClH/c1-8-14-12(16-15-8)11-10-5-3-2-4-9(10)6-7-13-11;/h2-5,11,13H,6-7H2,1H3;1H. The summed E-state index contributed by atoms with van der Waals surface area (Å²) in [4.78, 5) is 4.29. The summed E-state index contributed by atoms with van der Waals surface area (Å²) < 4.78 is 5.24. The number of aryl methyl sites for hydroxylation is 1. The molecule has 2 aromatic rings. The zero-order chi connectivity index (χ0) is 11.0. The predicted octanol–water partition coefficient (Wildman–Crippen LogP) is 2.03. The van der Waals surface area contributed by atoms with Crippen molar-refractivity contribution in [2.45, 2.75) is 19.4 Å². The molecule has 0 spiro atoms. The van der Waals surface area contributed by atoms with Crippen LogP contribution in [0.1, 0.15) is 28.9 Å². The zero-order valence-corrected chi connectivity index (χ0v) is 10.3. The fourth-order valence-electron chi connectivity index (χ4n) is 2.16. The van der Waals surface area contributed by atoms with Gasteiger partial charge in [-0.25, -0.2) is 0 Å². The molecule has 1 unspecified atom stereocenters. The van der Waals surface area contributed by atoms with Crippen molar-refractivity contribution in [3.63, 3.8) is 0 Å². The van der Waals surface area contributed by atoms with Gasteiger partial charge in [0.05, 0.1) is 0 Å². The molecule has 0 bridgehead atoms. The topological polar surface area (TPSA) is 51.0 Å². The molecule has 2 heterocycles. The number of fused-ring (bicyclic) bond motifs is 1. The van der Waals surface area contributed by atoms with Crippen molar-refractivity contribution >= 4 is 12.4 Å². The van der Waals surface area contributed by atoms with Crippen LogP contribution < -0.4 is 5.32 Å². The van der Waals surface area contributed by atoms with Crippen LogP contribution in [0.3, 0.4) is 0 Å². The van der Waals surface area contributed by atoms with Gasteiger partial charge in [0.1, 0.15) is 6.04 Å². The Kier molecular flexibility index (Phi) is 3.45. The Morgan fingerprint density at radius 1 is 1.35 bits per heavy atom. The highest BCUT2D eigenvalue weighted by molar-refractivity contribution is 5.85. The SMILES string of the molecule is Cc1noc(C2NCCc3ccccc32)n1.Cl. The van der Waals surface area contributed by atoms with Crippen molar-refractivity contribution in [2.75, 3.05) is 6.54 Å². The van der Waals surface area contributed by atoms with E-state index in [0.717, 1.165) is 13.0 Å². The first-order valence-corrected chi connectivity index (χ1v) is 5.46. The number of hydrogen-bond acceptors (Lipinski definition) is 4. The maximum atomic E-state index is 5.24. The van der Waals surface area contributed by atoms with Gasteiger partial charge in [-0.1, -0.05) is 29.4 Å². The molecule has 5 heteroatoms. The number of halogens is 1. The van der Waals surface area contributed by atoms with Gasteiger partial charge in [-0.15, -0.1) is 12.4 Å². The predicted molar refractivity (Wildman–Crippen MR) is 66.3 cm³/mol. The first kappa shape index (κ1) is 12.1. The lowest BCUT2D eigenvalue weighted by Crippen LogP contribution is -2.30. The summed E-state index contributed by atoms with van der Waals surface area (Å²) in [7, 11) is 0. The molecule has 0 amide bonds. The number of nitrogens with one attached hydrogen (secondary N) is 1. The first-order valence-electron chi connectivity index (χ1n) is 5.46. The first-order chi connectivity index (χ1) is 7.84. The van der Waals surface area contributed by atoms with Gasteiger partial charge in [0.2, 0.25) is 5.89 Å². The quantitative estimate of drug-likeness (QED) is 0.843. The van der Waals surface area contributed by atoms with E-state index in [9.17, 15) is 0 Å². The van der Waals surface area contributed by atoms with E-state index in [0.29, 0.717) is 11.7 Å². The second-order valence-corrected chi connectivity index (χ2v) is 4.02. The van der Waals surface area contributed by atoms with Gasteiger partial charge in [-0.2, -0.15) is 4.98 Å². The van der Waals surface area contributed by atoms with Crippen molar-refractivity contribution in [3.05, 3.63) is 47.1 Å². The molecule has 0 saturated heterocycles. The van der Waals surface area contributed by atoms with Crippen LogP contribution >= 0.6 is 12.4 Å². The Labute approximate surface area is 106 Å². The van der Waals surface area contributed by atoms with Crippen LogP contribution in [0.15, 0.2) is 28.8 Å². The summed E-state index contributed by atoms with van der Waals surface area (Å²) in [6.07, 6.45) is 1.06. The van der Waals surface area contributed by atoms with Gasteiger partial charge in [0.25, 0.3) is 0 Å². The average molecular weight is 252 g/mol. The summed E-state index contributed by atoms with van der Waals surface area (Å²) >= 11 is 0. The monoisotopic (exact) mass is 251 g/mol. The maximum absolute atomic E-state index is 5.24. The summed E-state index contributed by atoms with van der Waals surface area (Å²) in [6.45, 7) is 2.78. The van der Waals surface area contributed by atoms with Crippen LogP contribution in [-0.4, -0.2) is 16.7 Å². The molecule has 90 valence electrons. The van der Waals surface area contributed by atoms with Crippen LogP contribution in [0.2, 0.25) is 0 Å². The molecule has 3 rings (SSSR count). The number of rotatable bonds is 1. The van der Waals surface area contributed by atoms with Crippen molar-refractivity contribution in [3.8, 4) is 0 Å². The zero-order valence-electron chi connectivity index (χ0n) is 9.51. The van der Waals surface area contributed by atoms with E-state index >= 15 is 0 Å². The van der Waals surface area contributed by atoms with Crippen molar-refractivity contribution in [1.29, 1.82) is 0 Å². The molecule has 0 fully saturated rings. The van der Waals surface area contributed by atoms with Crippen LogP contribution in [-0.2, 0) is 6.42 Å². The maximum Gasteiger partial charge on any atom is 0.248 e. The smallest absolute Gasteiger partial charge is 0.248 e. The normalized spacial score (nSPS) is 18.3. The summed E-state index contributed by atoms with van der Waals surface area (Å²) in [5.74, 6) is 1.34. The van der Waals surface area contributed by atoms with Gasteiger partial charge < -0.3 is 9.84 Å². The molecule has 1 atom stereocenters. The Hall–Kier alpha value is -1.39. The Bertz CT molecular complexity index is 512. The second kappa shape index (κ2) is 4.85. The highest BCUT2D eigenvalue weighted by atomic mass is 35.5. The average Bonchev–Trinajstić information content (AvgIpc) is 2.75. The van der Waals surface area contributed by atoms with Gasteiger partial charge >= 0.3 is 0 Å². The Morgan fingerprint density at radius 3 is 2.94 bits per heavy atom. The van der Waals surface area contributed by atoms with E-state index < -0.39 is 0 Å². The third kappa shape index (κ3) is 2.18. The van der Waals surface area contributed by atoms with Gasteiger partial charge in [-0.3, -0.25) is 0 Å². The van der Waals surface area contributed by atoms with Gasteiger partial charge in [-0.05, 0) is 24.5 Å². The molecule has 17 heavy (non-hydrogen) atoms. The second-order valence-electron chi connectivity index (χ2n) is 4.02. The molecular formula is C12H14ClN3O. The summed E-state index contributed by atoms with van der Waals surface area (Å²) in [5, 5.41) is 7.25. The number of benzene rings is 1. The van der Waals surface area contributed by atoms with Gasteiger partial charge in [0.15, 0.2) is 5.82 Å². The molecule has 1 aromatic heterocycles. The molecule has 4 nitrogen and oxygen atoms in total. The summed E-state index contributed by atoms with van der Waals surface area (Å²) in [6, 6.07) is 8.44. The van der Waals surface area contributed by atoms with E-state index in [1.165, 1.54) is 11.1 Å². The third-order valence-corrected chi connectivity index (χ3v) is 2.90. The van der Waals surface area contributed by atoms with Crippen LogP contribution in [0.5, 0.6) is 0 Å². The number of aromatic nitrogens is 2. The largest absolute Gasteiger partial charge is 0.337 e. The minimum Gasteiger partial charge on any atom is -0.337 e. The third-order valence-electron chi connectivity index (χ3n) is 2.90. The molecule has 0 saturated carbocycles. The lowest BCUT2D eigenvalue weighted by Gasteiger charge is -2.23. The van der Waals surface area contributed by atoms with E-state index in [4.69, 9.17) is 4.52 Å².